The van der Waals surface area contributed by atoms with Crippen molar-refractivity contribution >= 4 is 22.8 Å². The van der Waals surface area contributed by atoms with Crippen molar-refractivity contribution < 1.29 is 17.9 Å². The molecule has 0 aromatic carbocycles. The zero-order chi connectivity index (χ0) is 22.8. The van der Waals surface area contributed by atoms with Gasteiger partial charge in [-0.15, -0.1) is 0 Å². The van der Waals surface area contributed by atoms with Crippen LogP contribution in [-0.2, 0) is 10.9 Å². The van der Waals surface area contributed by atoms with E-state index in [2.05, 4.69) is 35.5 Å². The topological polar surface area (TPSA) is 91.0 Å². The minimum Gasteiger partial charge on any atom is -0.380 e. The highest BCUT2D eigenvalue weighted by molar-refractivity contribution is 5.94. The summed E-state index contributed by atoms with van der Waals surface area (Å²) >= 11 is 0. The standard InChI is InChI=1S/C22H26F3N7O/c23-22(24,25)17-13-28-21(29-14-3-1-6-26-11-14)31-19(17)16-12-27-20-15(16)4-5-18(30-20)32-7-2-9-33-10-8-32/h4-5,12-14,26H,1-3,6-11H2,(H,27,30)(H,28,29,31)/t14-/m0/s1. The van der Waals surface area contributed by atoms with Crippen molar-refractivity contribution in [2.24, 2.45) is 0 Å². The molecule has 0 spiro atoms. The van der Waals surface area contributed by atoms with Crippen LogP contribution in [-0.4, -0.2) is 65.4 Å². The number of aromatic amines is 1. The number of nitrogens with zero attached hydrogens (tertiary/aromatic N) is 4. The Morgan fingerprint density at radius 2 is 2.03 bits per heavy atom. The Labute approximate surface area is 189 Å². The van der Waals surface area contributed by atoms with Gasteiger partial charge in [0.05, 0.1) is 12.3 Å². The van der Waals surface area contributed by atoms with Crippen LogP contribution in [0.4, 0.5) is 24.9 Å². The first kappa shape index (κ1) is 21.9. The third-order valence-corrected chi connectivity index (χ3v) is 6.05. The van der Waals surface area contributed by atoms with Crippen LogP contribution in [0.15, 0.2) is 24.5 Å². The van der Waals surface area contributed by atoms with Crippen LogP contribution < -0.4 is 15.5 Å². The Morgan fingerprint density at radius 1 is 1.12 bits per heavy atom. The van der Waals surface area contributed by atoms with Crippen LogP contribution in [0, 0.1) is 0 Å². The Kier molecular flexibility index (Phi) is 6.07. The van der Waals surface area contributed by atoms with Crippen molar-refractivity contribution in [1.29, 1.82) is 0 Å². The molecule has 8 nitrogen and oxygen atoms in total. The Bertz CT molecular complexity index is 1100. The number of alkyl halides is 3. The predicted molar refractivity (Wildman–Crippen MR) is 119 cm³/mol. The minimum atomic E-state index is -4.58. The van der Waals surface area contributed by atoms with Gasteiger partial charge in [0, 0.05) is 55.6 Å². The van der Waals surface area contributed by atoms with E-state index in [1.807, 2.05) is 6.07 Å². The summed E-state index contributed by atoms with van der Waals surface area (Å²) in [6, 6.07) is 3.72. The molecule has 5 heterocycles. The molecule has 3 aromatic rings. The van der Waals surface area contributed by atoms with Crippen LogP contribution in [0.5, 0.6) is 0 Å². The molecule has 2 aliphatic rings. The number of hydrogen-bond donors (Lipinski definition) is 3. The molecule has 0 bridgehead atoms. The maximum atomic E-state index is 13.8. The summed E-state index contributed by atoms with van der Waals surface area (Å²) in [4.78, 5) is 18.1. The normalized spacial score (nSPS) is 20.1. The van der Waals surface area contributed by atoms with E-state index in [1.165, 1.54) is 6.20 Å². The van der Waals surface area contributed by atoms with E-state index in [4.69, 9.17) is 4.74 Å². The van der Waals surface area contributed by atoms with Gasteiger partial charge >= 0.3 is 6.18 Å². The molecule has 0 aliphatic carbocycles. The molecular weight excluding hydrogens is 435 g/mol. The van der Waals surface area contributed by atoms with Gasteiger partial charge in [-0.05, 0) is 37.9 Å². The van der Waals surface area contributed by atoms with Crippen LogP contribution >= 0.6 is 0 Å². The van der Waals surface area contributed by atoms with Crippen molar-refractivity contribution in [2.75, 3.05) is 49.6 Å². The van der Waals surface area contributed by atoms with Gasteiger partial charge in [-0.25, -0.2) is 15.0 Å². The Morgan fingerprint density at radius 3 is 2.85 bits per heavy atom. The van der Waals surface area contributed by atoms with E-state index in [1.54, 1.807) is 6.07 Å². The molecular formula is C22H26F3N7O. The van der Waals surface area contributed by atoms with Crippen LogP contribution in [0.1, 0.15) is 24.8 Å². The highest BCUT2D eigenvalue weighted by atomic mass is 19.4. The number of anilines is 2. The van der Waals surface area contributed by atoms with Crippen molar-refractivity contribution in [1.82, 2.24) is 25.3 Å². The number of rotatable bonds is 4. The number of ether oxygens (including phenoxy) is 1. The molecule has 5 rings (SSSR count). The lowest BCUT2D eigenvalue weighted by atomic mass is 10.1. The molecule has 2 saturated heterocycles. The summed E-state index contributed by atoms with van der Waals surface area (Å²) in [5.74, 6) is 0.961. The number of aromatic nitrogens is 4. The summed E-state index contributed by atoms with van der Waals surface area (Å²) in [6.45, 7) is 4.54. The van der Waals surface area contributed by atoms with Gasteiger partial charge in [-0.1, -0.05) is 0 Å². The third-order valence-electron chi connectivity index (χ3n) is 6.05. The molecule has 2 aliphatic heterocycles. The van der Waals surface area contributed by atoms with Crippen molar-refractivity contribution in [3.63, 3.8) is 0 Å². The first-order chi connectivity index (χ1) is 16.0. The predicted octanol–water partition coefficient (Wildman–Crippen LogP) is 3.43. The zero-order valence-electron chi connectivity index (χ0n) is 18.1. The van der Waals surface area contributed by atoms with Gasteiger partial charge < -0.3 is 25.3 Å². The monoisotopic (exact) mass is 461 g/mol. The fourth-order valence-electron chi connectivity index (χ4n) is 4.36. The second kappa shape index (κ2) is 9.14. The second-order valence-electron chi connectivity index (χ2n) is 8.36. The molecule has 176 valence electrons. The van der Waals surface area contributed by atoms with Crippen molar-refractivity contribution in [2.45, 2.75) is 31.5 Å². The second-order valence-corrected chi connectivity index (χ2v) is 8.36. The summed E-state index contributed by atoms with van der Waals surface area (Å²) in [6.07, 6.45) is 0.620. The minimum absolute atomic E-state index is 0.0770. The van der Waals surface area contributed by atoms with Gasteiger partial charge in [-0.2, -0.15) is 13.2 Å². The molecule has 0 amide bonds. The Hall–Kier alpha value is -2.92. The number of fused-ring (bicyclic) bond motifs is 1. The van der Waals surface area contributed by atoms with Gasteiger partial charge in [0.25, 0.3) is 0 Å². The molecule has 0 radical (unpaired) electrons. The summed E-state index contributed by atoms with van der Waals surface area (Å²) in [5, 5.41) is 7.02. The molecule has 3 N–H and O–H groups in total. The van der Waals surface area contributed by atoms with Gasteiger partial charge in [-0.3, -0.25) is 0 Å². The number of pyridine rings is 1. The molecule has 0 saturated carbocycles. The van der Waals surface area contributed by atoms with E-state index in [0.717, 1.165) is 57.5 Å². The highest BCUT2D eigenvalue weighted by Gasteiger charge is 2.36. The lowest BCUT2D eigenvalue weighted by molar-refractivity contribution is -0.137. The largest absolute Gasteiger partial charge is 0.419 e. The zero-order valence-corrected chi connectivity index (χ0v) is 18.1. The number of H-pyrrole nitrogens is 1. The average Bonchev–Trinajstić information content (AvgIpc) is 3.03. The molecule has 11 heteroatoms. The molecule has 33 heavy (non-hydrogen) atoms. The SMILES string of the molecule is FC(F)(F)c1cnc(N[C@H]2CCCNC2)nc1-c1c[nH]c2nc(N3CCCOCC3)ccc12. The van der Waals surface area contributed by atoms with E-state index >= 15 is 0 Å². The van der Waals surface area contributed by atoms with Gasteiger partial charge in [0.15, 0.2) is 0 Å². The fourth-order valence-corrected chi connectivity index (χ4v) is 4.36. The maximum absolute atomic E-state index is 13.8. The molecule has 2 fully saturated rings. The quantitative estimate of drug-likeness (QED) is 0.548. The van der Waals surface area contributed by atoms with Crippen molar-refractivity contribution in [3.05, 3.63) is 30.1 Å². The molecule has 3 aromatic heterocycles. The summed E-state index contributed by atoms with van der Waals surface area (Å²) in [7, 11) is 0. The van der Waals surface area contributed by atoms with E-state index < -0.39 is 11.7 Å². The average molecular weight is 461 g/mol. The first-order valence-corrected chi connectivity index (χ1v) is 11.2. The lowest BCUT2D eigenvalue weighted by Crippen LogP contribution is -2.38. The van der Waals surface area contributed by atoms with Crippen LogP contribution in [0.25, 0.3) is 22.3 Å². The maximum Gasteiger partial charge on any atom is 0.419 e. The smallest absolute Gasteiger partial charge is 0.380 e. The van der Waals surface area contributed by atoms with Gasteiger partial charge in [0.2, 0.25) is 5.95 Å². The molecule has 0 unspecified atom stereocenters. The van der Waals surface area contributed by atoms with Crippen LogP contribution in [0.2, 0.25) is 0 Å². The summed E-state index contributed by atoms with van der Waals surface area (Å²) < 4.78 is 47.0. The lowest BCUT2D eigenvalue weighted by Gasteiger charge is -2.24. The molecule has 1 atom stereocenters. The summed E-state index contributed by atoms with van der Waals surface area (Å²) in [5.41, 5.74) is -0.162. The highest BCUT2D eigenvalue weighted by Crippen LogP contribution is 2.38. The number of piperidine rings is 1. The van der Waals surface area contributed by atoms with Crippen molar-refractivity contribution in [3.8, 4) is 11.3 Å². The first-order valence-electron chi connectivity index (χ1n) is 11.2. The Balaban J connectivity index is 1.51. The third kappa shape index (κ3) is 4.74. The van der Waals surface area contributed by atoms with E-state index in [0.29, 0.717) is 29.8 Å². The van der Waals surface area contributed by atoms with E-state index in [-0.39, 0.29) is 17.7 Å². The van der Waals surface area contributed by atoms with Crippen LogP contribution in [0.3, 0.4) is 0 Å². The van der Waals surface area contributed by atoms with Gasteiger partial charge in [0.1, 0.15) is 17.0 Å². The number of halogens is 3. The fraction of sp³-hybridized carbons (Fsp3) is 0.500. The number of hydrogen-bond acceptors (Lipinski definition) is 7. The number of nitrogens with one attached hydrogen (secondary N) is 3. The van der Waals surface area contributed by atoms with E-state index in [9.17, 15) is 13.2 Å².